The fourth-order valence-corrected chi connectivity index (χ4v) is 5.14. The summed E-state index contributed by atoms with van der Waals surface area (Å²) in [6.07, 6.45) is 1.40. The molecule has 3 aromatic rings. The number of aryl methyl sites for hydroxylation is 1. The van der Waals surface area contributed by atoms with E-state index in [1.165, 1.54) is 6.26 Å². The third kappa shape index (κ3) is 3.00. The lowest BCUT2D eigenvalue weighted by Crippen LogP contribution is -2.38. The molecule has 3 aliphatic heterocycles. The van der Waals surface area contributed by atoms with E-state index in [-0.39, 0.29) is 40.5 Å². The molecule has 1 aromatic heterocycles. The van der Waals surface area contributed by atoms with Crippen molar-refractivity contribution in [2.24, 2.45) is 0 Å². The van der Waals surface area contributed by atoms with E-state index < -0.39 is 5.60 Å². The minimum atomic E-state index is -0.564. The first kappa shape index (κ1) is 21.5. The van der Waals surface area contributed by atoms with Crippen molar-refractivity contribution in [3.63, 3.8) is 0 Å². The summed E-state index contributed by atoms with van der Waals surface area (Å²) in [5.74, 6) is 1.09. The minimum absolute atomic E-state index is 0.0823. The van der Waals surface area contributed by atoms with Crippen LogP contribution in [0.4, 0.5) is 0 Å². The third-order valence-corrected chi connectivity index (χ3v) is 7.38. The molecule has 3 unspecified atom stereocenters. The van der Waals surface area contributed by atoms with Crippen molar-refractivity contribution in [1.29, 1.82) is 0 Å². The van der Waals surface area contributed by atoms with E-state index >= 15 is 0 Å². The lowest BCUT2D eigenvalue weighted by atomic mass is 9.88. The highest BCUT2D eigenvalue weighted by Crippen LogP contribution is 2.59. The average molecular weight is 465 g/mol. The Morgan fingerprint density at radius 2 is 1.88 bits per heavy atom. The number of ether oxygens (including phenoxy) is 4. The highest BCUT2D eigenvalue weighted by atomic mass is 16.6. The molecule has 0 amide bonds. The zero-order chi connectivity index (χ0) is 24.2. The van der Waals surface area contributed by atoms with E-state index in [2.05, 4.69) is 0 Å². The highest BCUT2D eigenvalue weighted by Gasteiger charge is 2.59. The summed E-state index contributed by atoms with van der Waals surface area (Å²) in [7, 11) is 1.59. The van der Waals surface area contributed by atoms with E-state index in [1.54, 1.807) is 13.2 Å². The maximum atomic E-state index is 13.8. The molecule has 1 N–H and O–H groups in total. The molecule has 3 atom stereocenters. The summed E-state index contributed by atoms with van der Waals surface area (Å²) in [5, 5.41) is 11.6. The van der Waals surface area contributed by atoms with Gasteiger partial charge in [0.2, 0.25) is 5.43 Å². The van der Waals surface area contributed by atoms with Crippen LogP contribution in [0, 0.1) is 6.92 Å². The first-order chi connectivity index (χ1) is 16.0. The number of epoxide rings is 2. The number of aromatic hydroxyl groups is 1. The van der Waals surface area contributed by atoms with Crippen molar-refractivity contribution in [2.75, 3.05) is 7.11 Å². The van der Waals surface area contributed by atoms with Crippen LogP contribution in [-0.4, -0.2) is 35.6 Å². The predicted molar refractivity (Wildman–Crippen MR) is 126 cm³/mol. The Balaban J connectivity index is 1.60. The quantitative estimate of drug-likeness (QED) is 0.554. The molecule has 3 aliphatic rings. The molecule has 34 heavy (non-hydrogen) atoms. The topological polar surface area (TPSA) is 94.0 Å². The van der Waals surface area contributed by atoms with Gasteiger partial charge in [-0.2, -0.15) is 0 Å². The minimum Gasteiger partial charge on any atom is -0.507 e. The largest absolute Gasteiger partial charge is 0.507 e. The maximum Gasteiger partial charge on any atom is 0.204 e. The van der Waals surface area contributed by atoms with Crippen LogP contribution in [0.25, 0.3) is 22.1 Å². The first-order valence-corrected chi connectivity index (χ1v) is 11.5. The molecule has 0 spiro atoms. The van der Waals surface area contributed by atoms with E-state index in [4.69, 9.17) is 23.4 Å². The fourth-order valence-electron chi connectivity index (χ4n) is 5.14. The highest BCUT2D eigenvalue weighted by molar-refractivity contribution is 5.93. The number of methoxy groups -OCH3 is 1. The van der Waals surface area contributed by atoms with Crippen LogP contribution in [0.2, 0.25) is 0 Å². The average Bonchev–Trinajstić information content (AvgIpc) is 3.68. The molecule has 6 rings (SSSR count). The molecule has 7 heteroatoms. The Bertz CT molecular complexity index is 1410. The Morgan fingerprint density at radius 1 is 1.15 bits per heavy atom. The van der Waals surface area contributed by atoms with Gasteiger partial charge in [0.05, 0.1) is 29.9 Å². The van der Waals surface area contributed by atoms with Gasteiger partial charge in [-0.05, 0) is 51.8 Å². The van der Waals surface area contributed by atoms with E-state index in [9.17, 15) is 9.90 Å². The lowest BCUT2D eigenvalue weighted by Gasteiger charge is -2.31. The molecule has 4 heterocycles. The zero-order valence-electron chi connectivity index (χ0n) is 20.1. The molecule has 2 fully saturated rings. The Kier molecular flexibility index (Phi) is 4.28. The summed E-state index contributed by atoms with van der Waals surface area (Å²) in [6.45, 7) is 9.87. The number of hydrogen-bond donors (Lipinski definition) is 1. The van der Waals surface area contributed by atoms with Crippen molar-refractivity contribution in [1.82, 2.24) is 0 Å². The van der Waals surface area contributed by atoms with Gasteiger partial charge in [-0.1, -0.05) is 12.1 Å². The molecule has 2 aromatic carbocycles. The smallest absolute Gasteiger partial charge is 0.204 e. The zero-order valence-corrected chi connectivity index (χ0v) is 20.1. The molecular formula is C27H28O7. The van der Waals surface area contributed by atoms with Gasteiger partial charge in [0, 0.05) is 12.0 Å². The first-order valence-electron chi connectivity index (χ1n) is 11.5. The van der Waals surface area contributed by atoms with Gasteiger partial charge < -0.3 is 28.5 Å². The Morgan fingerprint density at radius 3 is 2.56 bits per heavy atom. The van der Waals surface area contributed by atoms with Gasteiger partial charge in [-0.3, -0.25) is 4.79 Å². The maximum absolute atomic E-state index is 13.8. The van der Waals surface area contributed by atoms with Gasteiger partial charge in [0.1, 0.15) is 46.7 Å². The predicted octanol–water partition coefficient (Wildman–Crippen LogP) is 4.81. The van der Waals surface area contributed by atoms with Crippen molar-refractivity contribution in [3.05, 3.63) is 51.4 Å². The summed E-state index contributed by atoms with van der Waals surface area (Å²) in [5.41, 5.74) is 2.35. The lowest BCUT2D eigenvalue weighted by molar-refractivity contribution is 0.0710. The number of phenols is 1. The van der Waals surface area contributed by atoms with Crippen LogP contribution in [0.15, 0.2) is 33.7 Å². The third-order valence-electron chi connectivity index (χ3n) is 7.38. The van der Waals surface area contributed by atoms with Gasteiger partial charge in [0.15, 0.2) is 5.58 Å². The number of rotatable bonds is 4. The van der Waals surface area contributed by atoms with E-state index in [0.717, 1.165) is 5.56 Å². The van der Waals surface area contributed by atoms with Crippen LogP contribution < -0.4 is 14.9 Å². The van der Waals surface area contributed by atoms with Crippen molar-refractivity contribution in [2.45, 2.75) is 70.6 Å². The molecule has 0 bridgehead atoms. The van der Waals surface area contributed by atoms with Gasteiger partial charge in [-0.15, -0.1) is 0 Å². The second kappa shape index (κ2) is 6.77. The Hall–Kier alpha value is -3.03. The Labute approximate surface area is 197 Å². The second-order valence-electron chi connectivity index (χ2n) is 10.5. The summed E-state index contributed by atoms with van der Waals surface area (Å²) in [6, 6.07) is 5.54. The fraction of sp³-hybridized carbons (Fsp3) is 0.444. The molecule has 0 aliphatic carbocycles. The second-order valence-corrected chi connectivity index (χ2v) is 10.5. The van der Waals surface area contributed by atoms with Gasteiger partial charge in [-0.25, -0.2) is 0 Å². The SMILES string of the molecule is COc1cc(-c2coc3c4c(c(CC5OC5(C)C)c(O)c3c2=O)OC(C)(C)C2OC42)ccc1C. The molecular weight excluding hydrogens is 436 g/mol. The number of benzene rings is 2. The van der Waals surface area contributed by atoms with Gasteiger partial charge in [0.25, 0.3) is 0 Å². The van der Waals surface area contributed by atoms with Crippen LogP contribution in [-0.2, 0) is 15.9 Å². The van der Waals surface area contributed by atoms with Gasteiger partial charge >= 0.3 is 0 Å². The van der Waals surface area contributed by atoms with Crippen LogP contribution >= 0.6 is 0 Å². The van der Waals surface area contributed by atoms with E-state index in [1.807, 2.05) is 46.8 Å². The van der Waals surface area contributed by atoms with Crippen LogP contribution in [0.3, 0.4) is 0 Å². The standard InChI is InChI=1S/C27H28O7/c1-12-7-8-13(9-16(12)30-6)15-11-31-23-18(21(15)29)20(28)14(10-17-26(2,3)33-17)22-19(23)24-25(32-24)27(4,5)34-22/h7-9,11,17,24-25,28H,10H2,1-6H3. The number of phenolic OH excluding ortho intramolecular Hbond substituents is 1. The molecule has 0 saturated carbocycles. The number of hydrogen-bond acceptors (Lipinski definition) is 7. The monoisotopic (exact) mass is 464 g/mol. The van der Waals surface area contributed by atoms with E-state index in [0.29, 0.717) is 45.8 Å². The molecule has 7 nitrogen and oxygen atoms in total. The molecule has 2 saturated heterocycles. The molecule has 178 valence electrons. The van der Waals surface area contributed by atoms with Crippen LogP contribution in [0.1, 0.15) is 50.5 Å². The molecule has 0 radical (unpaired) electrons. The van der Waals surface area contributed by atoms with Crippen molar-refractivity contribution >= 4 is 11.0 Å². The normalized spacial score (nSPS) is 25.3. The van der Waals surface area contributed by atoms with Crippen molar-refractivity contribution in [3.8, 4) is 28.4 Å². The number of fused-ring (bicyclic) bond motifs is 5. The van der Waals surface area contributed by atoms with Crippen molar-refractivity contribution < 1.29 is 28.5 Å². The summed E-state index contributed by atoms with van der Waals surface area (Å²) >= 11 is 0. The van der Waals surface area contributed by atoms with Crippen LogP contribution in [0.5, 0.6) is 17.2 Å². The summed E-state index contributed by atoms with van der Waals surface area (Å²) < 4.78 is 29.6. The summed E-state index contributed by atoms with van der Waals surface area (Å²) in [4.78, 5) is 13.8.